The highest BCUT2D eigenvalue weighted by Crippen LogP contribution is 2.46. The number of hydrogen-bond donors (Lipinski definition) is 2. The second-order valence-corrected chi connectivity index (χ2v) is 6.49. The van der Waals surface area contributed by atoms with Gasteiger partial charge in [0.15, 0.2) is 0 Å². The molecule has 0 saturated carbocycles. The van der Waals surface area contributed by atoms with Crippen LogP contribution >= 0.6 is 0 Å². The third-order valence-corrected chi connectivity index (χ3v) is 4.98. The Bertz CT molecular complexity index is 746. The van der Waals surface area contributed by atoms with Crippen molar-refractivity contribution in [3.05, 3.63) is 34.5 Å². The maximum atomic E-state index is 11.4. The predicted octanol–water partition coefficient (Wildman–Crippen LogP) is 4.00. The van der Waals surface area contributed by atoms with Crippen LogP contribution < -0.4 is 0 Å². The van der Waals surface area contributed by atoms with Gasteiger partial charge in [-0.2, -0.15) is 0 Å². The molecule has 1 aromatic heterocycles. The lowest BCUT2D eigenvalue weighted by Crippen LogP contribution is -2.38. The predicted molar refractivity (Wildman–Crippen MR) is 86.4 cm³/mol. The third-order valence-electron chi connectivity index (χ3n) is 4.98. The minimum atomic E-state index is -0.825. The molecule has 22 heavy (non-hydrogen) atoms. The molecule has 118 valence electrons. The summed E-state index contributed by atoms with van der Waals surface area (Å²) in [7, 11) is 0. The number of aromatic nitrogens is 1. The topological polar surface area (TPSA) is 62.3 Å². The highest BCUT2D eigenvalue weighted by Gasteiger charge is 2.43. The number of nitrogens with one attached hydrogen (secondary N) is 1. The van der Waals surface area contributed by atoms with Gasteiger partial charge in [0.2, 0.25) is 0 Å². The van der Waals surface area contributed by atoms with E-state index in [1.165, 1.54) is 22.1 Å². The molecular formula is C18H23NO3. The first-order chi connectivity index (χ1) is 10.4. The Morgan fingerprint density at radius 3 is 2.73 bits per heavy atom. The number of carbonyl (C=O) groups is 1. The molecular weight excluding hydrogens is 278 g/mol. The number of carboxylic acids is 1. The van der Waals surface area contributed by atoms with E-state index in [-0.39, 0.29) is 12.3 Å². The fraction of sp³-hybridized carbons (Fsp3) is 0.500. The van der Waals surface area contributed by atoms with Crippen molar-refractivity contribution in [2.75, 3.05) is 6.61 Å². The van der Waals surface area contributed by atoms with Gasteiger partial charge >= 0.3 is 5.97 Å². The van der Waals surface area contributed by atoms with Gasteiger partial charge in [-0.05, 0) is 37.0 Å². The summed E-state index contributed by atoms with van der Waals surface area (Å²) in [6, 6.07) is 4.24. The second kappa shape index (κ2) is 5.13. The lowest BCUT2D eigenvalue weighted by Gasteiger charge is -2.38. The van der Waals surface area contributed by atoms with E-state index in [0.29, 0.717) is 13.0 Å². The second-order valence-electron chi connectivity index (χ2n) is 6.49. The fourth-order valence-corrected chi connectivity index (χ4v) is 3.72. The van der Waals surface area contributed by atoms with Crippen molar-refractivity contribution < 1.29 is 14.6 Å². The molecule has 1 aliphatic rings. The molecule has 2 unspecified atom stereocenters. The summed E-state index contributed by atoms with van der Waals surface area (Å²) in [5.41, 5.74) is 4.99. The molecule has 1 aromatic carbocycles. The van der Waals surface area contributed by atoms with E-state index in [4.69, 9.17) is 4.74 Å². The average molecular weight is 301 g/mol. The Labute approximate surface area is 130 Å². The third kappa shape index (κ3) is 2.05. The fourth-order valence-electron chi connectivity index (χ4n) is 3.72. The van der Waals surface area contributed by atoms with Crippen molar-refractivity contribution in [2.45, 2.75) is 52.1 Å². The smallest absolute Gasteiger partial charge is 0.306 e. The van der Waals surface area contributed by atoms with E-state index in [1.54, 1.807) is 0 Å². The molecule has 1 aliphatic heterocycles. The summed E-state index contributed by atoms with van der Waals surface area (Å²) in [5, 5.41) is 10.6. The Morgan fingerprint density at radius 2 is 2.09 bits per heavy atom. The lowest BCUT2D eigenvalue weighted by molar-refractivity contribution is -0.149. The summed E-state index contributed by atoms with van der Waals surface area (Å²) in [6.45, 7) is 8.90. The molecule has 0 bridgehead atoms. The number of aliphatic carboxylic acids is 1. The summed E-state index contributed by atoms with van der Waals surface area (Å²) < 4.78 is 6.06. The molecule has 4 nitrogen and oxygen atoms in total. The van der Waals surface area contributed by atoms with Gasteiger partial charge in [0.05, 0.1) is 18.7 Å². The zero-order valence-electron chi connectivity index (χ0n) is 13.6. The van der Waals surface area contributed by atoms with Crippen LogP contribution in [0.3, 0.4) is 0 Å². The number of ether oxygens (including phenoxy) is 1. The number of H-pyrrole nitrogens is 1. The Kier molecular flexibility index (Phi) is 3.52. The van der Waals surface area contributed by atoms with Crippen molar-refractivity contribution in [2.24, 2.45) is 0 Å². The average Bonchev–Trinajstić information content (AvgIpc) is 2.89. The Balaban J connectivity index is 2.34. The number of carboxylic acid groups (broad SMARTS) is 1. The normalized spacial score (nSPS) is 24.5. The number of benzene rings is 1. The van der Waals surface area contributed by atoms with Gasteiger partial charge in [-0.1, -0.05) is 26.0 Å². The first-order valence-corrected chi connectivity index (χ1v) is 7.87. The van der Waals surface area contributed by atoms with Crippen LogP contribution in [0.2, 0.25) is 0 Å². The number of aromatic amines is 1. The van der Waals surface area contributed by atoms with Crippen LogP contribution in [0.25, 0.3) is 10.9 Å². The van der Waals surface area contributed by atoms with E-state index in [1.807, 2.05) is 6.92 Å². The van der Waals surface area contributed by atoms with Gasteiger partial charge < -0.3 is 14.8 Å². The molecule has 0 radical (unpaired) electrons. The standard InChI is InChI=1S/C18H23NO3/c1-5-18(8-13(20)21)17-15(12(4)9-22-18)14-10(2)6-7-11(3)16(14)19-17/h6-7,12,19H,5,8-9H2,1-4H3,(H,20,21). The summed E-state index contributed by atoms with van der Waals surface area (Å²) in [5.74, 6) is -0.563. The van der Waals surface area contributed by atoms with Crippen LogP contribution in [0.4, 0.5) is 0 Å². The largest absolute Gasteiger partial charge is 0.481 e. The van der Waals surface area contributed by atoms with Crippen LogP contribution in [0.1, 0.15) is 55.0 Å². The van der Waals surface area contributed by atoms with Gasteiger partial charge in [-0.15, -0.1) is 0 Å². The van der Waals surface area contributed by atoms with Gasteiger partial charge in [0, 0.05) is 16.8 Å². The van der Waals surface area contributed by atoms with Crippen LogP contribution in [0.15, 0.2) is 12.1 Å². The molecule has 2 heterocycles. The van der Waals surface area contributed by atoms with E-state index < -0.39 is 11.6 Å². The number of fused-ring (bicyclic) bond motifs is 3. The van der Waals surface area contributed by atoms with Crippen molar-refractivity contribution in [1.29, 1.82) is 0 Å². The van der Waals surface area contributed by atoms with Crippen LogP contribution in [0, 0.1) is 13.8 Å². The summed E-state index contributed by atoms with van der Waals surface area (Å²) in [6.07, 6.45) is 0.637. The van der Waals surface area contributed by atoms with Crippen molar-refractivity contribution >= 4 is 16.9 Å². The zero-order chi connectivity index (χ0) is 16.1. The van der Waals surface area contributed by atoms with Crippen molar-refractivity contribution in [3.8, 4) is 0 Å². The number of hydrogen-bond acceptors (Lipinski definition) is 2. The van der Waals surface area contributed by atoms with Crippen LogP contribution in [-0.4, -0.2) is 22.7 Å². The zero-order valence-corrected chi connectivity index (χ0v) is 13.6. The number of rotatable bonds is 3. The summed E-state index contributed by atoms with van der Waals surface area (Å²) in [4.78, 5) is 14.9. The molecule has 0 saturated heterocycles. The van der Waals surface area contributed by atoms with Crippen molar-refractivity contribution in [1.82, 2.24) is 4.98 Å². The van der Waals surface area contributed by atoms with Crippen LogP contribution in [-0.2, 0) is 15.1 Å². The summed E-state index contributed by atoms with van der Waals surface area (Å²) >= 11 is 0. The highest BCUT2D eigenvalue weighted by molar-refractivity contribution is 5.91. The quantitative estimate of drug-likeness (QED) is 0.900. The molecule has 2 aromatic rings. The molecule has 3 rings (SSSR count). The molecule has 4 heteroatoms. The Hall–Kier alpha value is -1.81. The molecule has 0 fully saturated rings. The SMILES string of the molecule is CCC1(CC(=O)O)OCC(C)c2c1[nH]c1c(C)ccc(C)c21. The Morgan fingerprint density at radius 1 is 1.41 bits per heavy atom. The van der Waals surface area contributed by atoms with E-state index >= 15 is 0 Å². The first kappa shape index (κ1) is 15.1. The van der Waals surface area contributed by atoms with E-state index in [9.17, 15) is 9.90 Å². The van der Waals surface area contributed by atoms with Crippen LogP contribution in [0.5, 0.6) is 0 Å². The maximum absolute atomic E-state index is 11.4. The molecule has 2 N–H and O–H groups in total. The van der Waals surface area contributed by atoms with Crippen molar-refractivity contribution in [3.63, 3.8) is 0 Å². The van der Waals surface area contributed by atoms with Gasteiger partial charge in [-0.3, -0.25) is 4.79 Å². The van der Waals surface area contributed by atoms with E-state index in [2.05, 4.69) is 37.9 Å². The molecule has 0 amide bonds. The minimum Gasteiger partial charge on any atom is -0.481 e. The van der Waals surface area contributed by atoms with Gasteiger partial charge in [0.1, 0.15) is 5.60 Å². The highest BCUT2D eigenvalue weighted by atomic mass is 16.5. The minimum absolute atomic E-state index is 0.00582. The molecule has 0 aliphatic carbocycles. The van der Waals surface area contributed by atoms with Gasteiger partial charge in [0.25, 0.3) is 0 Å². The lowest BCUT2D eigenvalue weighted by atomic mass is 9.82. The maximum Gasteiger partial charge on any atom is 0.306 e. The monoisotopic (exact) mass is 301 g/mol. The van der Waals surface area contributed by atoms with Gasteiger partial charge in [-0.25, -0.2) is 0 Å². The molecule has 0 spiro atoms. The molecule has 2 atom stereocenters. The van der Waals surface area contributed by atoms with E-state index in [0.717, 1.165) is 11.2 Å². The number of aryl methyl sites for hydroxylation is 2. The first-order valence-electron chi connectivity index (χ1n) is 7.87.